The molecule has 3 aliphatic heterocycles. The molecule has 27 heavy (non-hydrogen) atoms. The summed E-state index contributed by atoms with van der Waals surface area (Å²) in [5.41, 5.74) is 3.09. The Hall–Kier alpha value is -1.85. The average Bonchev–Trinajstić information content (AvgIpc) is 2.68. The van der Waals surface area contributed by atoms with Crippen molar-refractivity contribution in [3.05, 3.63) is 59.1 Å². The summed E-state index contributed by atoms with van der Waals surface area (Å²) >= 11 is 6.12. The summed E-state index contributed by atoms with van der Waals surface area (Å²) < 4.78 is 28.7. The number of fused-ring (bicyclic) bond motifs is 2. The van der Waals surface area contributed by atoms with E-state index in [0.717, 1.165) is 47.7 Å². The molecule has 2 aromatic carbocycles. The molecule has 4 nitrogen and oxygen atoms in total. The van der Waals surface area contributed by atoms with Gasteiger partial charge in [0.2, 0.25) is 0 Å². The van der Waals surface area contributed by atoms with Crippen molar-refractivity contribution in [2.45, 2.75) is 37.1 Å². The number of nitrogens with zero attached hydrogens (tertiary/aromatic N) is 2. The zero-order valence-corrected chi connectivity index (χ0v) is 16.5. The molecule has 4 aliphatic rings. The highest BCUT2D eigenvalue weighted by Crippen LogP contribution is 2.49. The molecule has 1 saturated carbocycles. The molecule has 2 aromatic rings. The number of hydrogen-bond acceptors (Lipinski definition) is 3. The van der Waals surface area contributed by atoms with E-state index in [2.05, 4.69) is 33.6 Å². The van der Waals surface area contributed by atoms with Gasteiger partial charge in [0.1, 0.15) is 5.84 Å². The summed E-state index contributed by atoms with van der Waals surface area (Å²) in [5, 5.41) is 0.721. The summed E-state index contributed by atoms with van der Waals surface area (Å²) in [6, 6.07) is 16.8. The maximum Gasteiger partial charge on any atom is 0.256 e. The van der Waals surface area contributed by atoms with Gasteiger partial charge in [-0.2, -0.15) is 0 Å². The van der Waals surface area contributed by atoms with Gasteiger partial charge in [-0.15, -0.1) is 4.40 Å². The Morgan fingerprint density at radius 3 is 2.48 bits per heavy atom. The van der Waals surface area contributed by atoms with Gasteiger partial charge in [-0.3, -0.25) is 0 Å². The van der Waals surface area contributed by atoms with E-state index in [1.807, 2.05) is 24.3 Å². The molecule has 0 amide bonds. The number of rotatable bonds is 2. The lowest BCUT2D eigenvalue weighted by Crippen LogP contribution is -2.62. The van der Waals surface area contributed by atoms with Crippen LogP contribution in [0.5, 0.6) is 0 Å². The van der Waals surface area contributed by atoms with Crippen LogP contribution < -0.4 is 0 Å². The SMILES string of the molecule is O=S1(=O)CCN2C(=N1)C1(c3ccc(-c4cccc(Cl)c4)cc3)CCC2CC1. The Balaban J connectivity index is 1.57. The van der Waals surface area contributed by atoms with Gasteiger partial charge in [-0.05, 0) is 54.5 Å². The van der Waals surface area contributed by atoms with E-state index >= 15 is 0 Å². The van der Waals surface area contributed by atoms with Gasteiger partial charge in [-0.1, -0.05) is 48.0 Å². The van der Waals surface area contributed by atoms with E-state index in [9.17, 15) is 8.42 Å². The molecule has 3 fully saturated rings. The van der Waals surface area contributed by atoms with Crippen LogP contribution in [-0.2, 0) is 15.4 Å². The minimum Gasteiger partial charge on any atom is -0.355 e. The second-order valence-corrected chi connectivity index (χ2v) is 9.99. The largest absolute Gasteiger partial charge is 0.355 e. The molecule has 0 atom stereocenters. The predicted molar refractivity (Wildman–Crippen MR) is 109 cm³/mol. The molecule has 3 heterocycles. The van der Waals surface area contributed by atoms with Crippen LogP contribution in [0.15, 0.2) is 52.9 Å². The van der Waals surface area contributed by atoms with E-state index in [-0.39, 0.29) is 11.2 Å². The fourth-order valence-corrected chi connectivity index (χ4v) is 6.22. The normalized spacial score (nSPS) is 28.6. The third-order valence-electron chi connectivity index (χ3n) is 6.36. The third kappa shape index (κ3) is 2.79. The number of amidine groups is 1. The number of piperidine rings is 2. The fraction of sp³-hybridized carbons (Fsp3) is 0.381. The summed E-state index contributed by atoms with van der Waals surface area (Å²) in [6.45, 7) is 0.578. The molecule has 140 valence electrons. The first-order valence-corrected chi connectivity index (χ1v) is 11.4. The van der Waals surface area contributed by atoms with E-state index < -0.39 is 10.0 Å². The molecule has 0 spiro atoms. The Kier molecular flexibility index (Phi) is 3.89. The summed E-state index contributed by atoms with van der Waals surface area (Å²) in [6.07, 6.45) is 4.16. The number of sulfonamides is 1. The first-order chi connectivity index (χ1) is 13.0. The van der Waals surface area contributed by atoms with Crippen LogP contribution in [0, 0.1) is 0 Å². The highest BCUT2D eigenvalue weighted by Gasteiger charge is 2.52. The van der Waals surface area contributed by atoms with Crippen LogP contribution in [0.2, 0.25) is 5.02 Å². The molecule has 0 unspecified atom stereocenters. The maximum absolute atomic E-state index is 12.2. The molecule has 1 aliphatic carbocycles. The number of halogens is 1. The Morgan fingerprint density at radius 1 is 1.04 bits per heavy atom. The van der Waals surface area contributed by atoms with E-state index in [0.29, 0.717) is 12.6 Å². The summed E-state index contributed by atoms with van der Waals surface area (Å²) in [5.74, 6) is 0.920. The lowest BCUT2D eigenvalue weighted by atomic mass is 9.63. The summed E-state index contributed by atoms with van der Waals surface area (Å²) in [4.78, 5) is 2.26. The van der Waals surface area contributed by atoms with Crippen molar-refractivity contribution < 1.29 is 8.42 Å². The lowest BCUT2D eigenvalue weighted by molar-refractivity contribution is 0.151. The van der Waals surface area contributed by atoms with Crippen molar-refractivity contribution in [3.8, 4) is 11.1 Å². The Labute approximate surface area is 164 Å². The molecule has 6 rings (SSSR count). The molecular formula is C21H21ClN2O2S. The van der Waals surface area contributed by atoms with E-state index in [1.54, 1.807) is 0 Å². The van der Waals surface area contributed by atoms with Crippen molar-refractivity contribution in [2.24, 2.45) is 4.40 Å². The maximum atomic E-state index is 12.2. The van der Waals surface area contributed by atoms with Crippen LogP contribution in [0.1, 0.15) is 31.2 Å². The second kappa shape index (κ2) is 6.08. The van der Waals surface area contributed by atoms with Crippen LogP contribution >= 0.6 is 11.6 Å². The Bertz CT molecular complexity index is 1020. The minimum absolute atomic E-state index is 0.136. The van der Waals surface area contributed by atoms with E-state index in [1.165, 1.54) is 5.56 Å². The molecule has 0 radical (unpaired) electrons. The van der Waals surface area contributed by atoms with Gasteiger partial charge in [0.15, 0.2) is 0 Å². The zero-order valence-electron chi connectivity index (χ0n) is 14.9. The Morgan fingerprint density at radius 2 is 1.78 bits per heavy atom. The second-order valence-electron chi connectivity index (χ2n) is 7.80. The van der Waals surface area contributed by atoms with Crippen molar-refractivity contribution in [3.63, 3.8) is 0 Å². The zero-order chi connectivity index (χ0) is 18.6. The molecular weight excluding hydrogens is 380 g/mol. The van der Waals surface area contributed by atoms with Gasteiger partial charge < -0.3 is 4.90 Å². The van der Waals surface area contributed by atoms with Crippen LogP contribution in [-0.4, -0.2) is 37.5 Å². The smallest absolute Gasteiger partial charge is 0.256 e. The van der Waals surface area contributed by atoms with Crippen LogP contribution in [0.25, 0.3) is 11.1 Å². The standard InChI is InChI=1S/C21H21ClN2O2S/c22-18-3-1-2-16(14-18)15-4-6-17(7-5-15)21-10-8-19(9-11-21)24-12-13-27(25,26)23-20(21)24/h1-7,14,19H,8-13H2. The molecule has 0 aromatic heterocycles. The van der Waals surface area contributed by atoms with Gasteiger partial charge in [0.25, 0.3) is 10.0 Å². The molecule has 2 saturated heterocycles. The fourth-order valence-electron chi connectivity index (χ4n) is 4.97. The van der Waals surface area contributed by atoms with Crippen molar-refractivity contribution >= 4 is 27.5 Å². The topological polar surface area (TPSA) is 49.7 Å². The van der Waals surface area contributed by atoms with Gasteiger partial charge in [-0.25, -0.2) is 8.42 Å². The van der Waals surface area contributed by atoms with Crippen LogP contribution in [0.3, 0.4) is 0 Å². The molecule has 2 bridgehead atoms. The minimum atomic E-state index is -3.35. The van der Waals surface area contributed by atoms with Gasteiger partial charge in [0, 0.05) is 17.6 Å². The molecule has 0 N–H and O–H groups in total. The molecule has 6 heteroatoms. The number of hydrogen-bond donors (Lipinski definition) is 0. The van der Waals surface area contributed by atoms with Crippen molar-refractivity contribution in [1.29, 1.82) is 0 Å². The van der Waals surface area contributed by atoms with E-state index in [4.69, 9.17) is 11.6 Å². The first-order valence-electron chi connectivity index (χ1n) is 9.43. The lowest BCUT2D eigenvalue weighted by Gasteiger charge is -2.55. The van der Waals surface area contributed by atoms with Crippen molar-refractivity contribution in [2.75, 3.05) is 12.3 Å². The third-order valence-corrected chi connectivity index (χ3v) is 7.75. The highest BCUT2D eigenvalue weighted by molar-refractivity contribution is 7.90. The van der Waals surface area contributed by atoms with Crippen LogP contribution in [0.4, 0.5) is 0 Å². The predicted octanol–water partition coefficient (Wildman–Crippen LogP) is 4.24. The monoisotopic (exact) mass is 400 g/mol. The van der Waals surface area contributed by atoms with Gasteiger partial charge >= 0.3 is 0 Å². The highest BCUT2D eigenvalue weighted by atomic mass is 35.5. The first kappa shape index (κ1) is 17.3. The number of benzene rings is 2. The van der Waals surface area contributed by atoms with Gasteiger partial charge in [0.05, 0.1) is 11.2 Å². The van der Waals surface area contributed by atoms with Crippen molar-refractivity contribution in [1.82, 2.24) is 4.90 Å². The quantitative estimate of drug-likeness (QED) is 0.757. The summed E-state index contributed by atoms with van der Waals surface area (Å²) in [7, 11) is -3.35. The average molecular weight is 401 g/mol.